The van der Waals surface area contributed by atoms with Crippen molar-refractivity contribution in [2.75, 3.05) is 0 Å². The van der Waals surface area contributed by atoms with Gasteiger partial charge in [0.2, 0.25) is 0 Å². The van der Waals surface area contributed by atoms with Crippen molar-refractivity contribution in [1.82, 2.24) is 0 Å². The molecule has 0 spiro atoms. The van der Waals surface area contributed by atoms with Gasteiger partial charge in [0.1, 0.15) is 0 Å². The summed E-state index contributed by atoms with van der Waals surface area (Å²) in [5, 5.41) is 0. The summed E-state index contributed by atoms with van der Waals surface area (Å²) in [6.07, 6.45) is 0. The maximum atomic E-state index is 8.51. The van der Waals surface area contributed by atoms with E-state index in [4.69, 9.17) is 9.46 Å². The van der Waals surface area contributed by atoms with Crippen LogP contribution >= 0.6 is 8.69 Å². The number of hydrogen-bond acceptors (Lipinski definition) is 1. The molecule has 0 heterocycles. The van der Waals surface area contributed by atoms with E-state index in [-0.39, 0.29) is 45.5 Å². The van der Waals surface area contributed by atoms with E-state index in [1.165, 1.54) is 0 Å². The molecule has 1 atom stereocenters. The molecule has 4 heavy (non-hydrogen) atoms. The maximum Gasteiger partial charge on any atom is 0.491 e. The second-order valence-electron chi connectivity index (χ2n) is 0.0913. The minimum absolute atomic E-state index is 0. The maximum absolute atomic E-state index is 8.51. The van der Waals surface area contributed by atoms with Crippen LogP contribution in [0.5, 0.6) is 0 Å². The molecule has 0 aliphatic heterocycles. The van der Waals surface area contributed by atoms with Crippen LogP contribution in [0, 0.1) is 0 Å². The SMILES string of the molecule is O=[PH+]O.[Sr]. The molecule has 0 aromatic carbocycles. The Morgan fingerprint density at radius 3 is 1.75 bits per heavy atom. The summed E-state index contributed by atoms with van der Waals surface area (Å²) in [6.45, 7) is 0. The summed E-state index contributed by atoms with van der Waals surface area (Å²) in [4.78, 5) is 7.04. The van der Waals surface area contributed by atoms with Gasteiger partial charge in [-0.3, -0.25) is 0 Å². The molecular weight excluding hydrogens is 151 g/mol. The average Bonchev–Trinajstić information content (AvgIpc) is 0.918. The summed E-state index contributed by atoms with van der Waals surface area (Å²) < 4.78 is 8.51. The molecule has 20 valence electrons. The molecule has 2 radical (unpaired) electrons. The molecule has 1 unspecified atom stereocenters. The van der Waals surface area contributed by atoms with Gasteiger partial charge in [-0.05, 0) is 4.57 Å². The third kappa shape index (κ3) is 9.63. The molecule has 0 aliphatic carbocycles. The molecule has 0 aromatic heterocycles. The summed E-state index contributed by atoms with van der Waals surface area (Å²) in [5.74, 6) is 0. The molecule has 4 heteroatoms. The molecule has 2 nitrogen and oxygen atoms in total. The van der Waals surface area contributed by atoms with Crippen LogP contribution < -0.4 is 0 Å². The van der Waals surface area contributed by atoms with Crippen molar-refractivity contribution in [2.24, 2.45) is 0 Å². The van der Waals surface area contributed by atoms with Gasteiger partial charge in [-0.1, -0.05) is 0 Å². The molecule has 0 rings (SSSR count). The van der Waals surface area contributed by atoms with Gasteiger partial charge in [0.25, 0.3) is 0 Å². The summed E-state index contributed by atoms with van der Waals surface area (Å²) in [5.41, 5.74) is 0. The van der Waals surface area contributed by atoms with Crippen LogP contribution in [0.2, 0.25) is 0 Å². The van der Waals surface area contributed by atoms with Crippen molar-refractivity contribution in [3.8, 4) is 0 Å². The van der Waals surface area contributed by atoms with Crippen LogP contribution in [0.25, 0.3) is 0 Å². The quantitative estimate of drug-likeness (QED) is 0.377. The van der Waals surface area contributed by atoms with Gasteiger partial charge in [0, 0.05) is 45.5 Å². The Balaban J connectivity index is 0. The third-order valence-corrected chi connectivity index (χ3v) is 0. The standard InChI is InChI=1S/HO2P.Sr/c1-3-2;/h3H;/p+1. The Morgan fingerprint density at radius 1 is 1.75 bits per heavy atom. The molecule has 0 aromatic rings. The second-order valence-corrected chi connectivity index (χ2v) is 0.274. The van der Waals surface area contributed by atoms with E-state index in [1.54, 1.807) is 0 Å². The fourth-order valence-corrected chi connectivity index (χ4v) is 0. The van der Waals surface area contributed by atoms with E-state index >= 15 is 0 Å². The Hall–Kier alpha value is 1.54. The predicted octanol–water partition coefficient (Wildman–Crippen LogP) is -0.463. The normalized spacial score (nSPS) is 5.25. The molecule has 0 amide bonds. The largest absolute Gasteiger partial charge is 0.491 e. The summed E-state index contributed by atoms with van der Waals surface area (Å²) >= 11 is 0. The number of hydrogen-bond donors (Lipinski definition) is 1. The van der Waals surface area contributed by atoms with Crippen LogP contribution in [0.4, 0.5) is 0 Å². The first kappa shape index (κ1) is 9.11. The van der Waals surface area contributed by atoms with Gasteiger partial charge in [-0.15, -0.1) is 0 Å². The topological polar surface area (TPSA) is 37.3 Å². The molecule has 0 aliphatic rings. The Labute approximate surface area is 62.8 Å². The third-order valence-electron chi connectivity index (χ3n) is 0. The first-order chi connectivity index (χ1) is 1.41. The van der Waals surface area contributed by atoms with E-state index in [0.29, 0.717) is 0 Å². The summed E-state index contributed by atoms with van der Waals surface area (Å²) in [6, 6.07) is 0. The van der Waals surface area contributed by atoms with E-state index in [2.05, 4.69) is 0 Å². The Kier molecular flexibility index (Phi) is 20.1. The Morgan fingerprint density at radius 2 is 1.75 bits per heavy atom. The Bertz CT molecular complexity index is 13.5. The average molecular weight is 153 g/mol. The van der Waals surface area contributed by atoms with E-state index in [9.17, 15) is 0 Å². The van der Waals surface area contributed by atoms with Crippen molar-refractivity contribution < 1.29 is 9.46 Å². The molecule has 0 saturated heterocycles. The van der Waals surface area contributed by atoms with Gasteiger partial charge in [-0.2, -0.15) is 4.89 Å². The van der Waals surface area contributed by atoms with Crippen molar-refractivity contribution in [3.05, 3.63) is 0 Å². The van der Waals surface area contributed by atoms with Crippen molar-refractivity contribution in [2.45, 2.75) is 0 Å². The first-order valence-corrected chi connectivity index (χ1v) is 1.28. The van der Waals surface area contributed by atoms with Gasteiger partial charge >= 0.3 is 8.69 Å². The molecule has 0 fully saturated rings. The van der Waals surface area contributed by atoms with Crippen LogP contribution in [-0.2, 0) is 4.57 Å². The van der Waals surface area contributed by atoms with E-state index in [1.807, 2.05) is 0 Å². The second kappa shape index (κ2) is 8.82. The van der Waals surface area contributed by atoms with Gasteiger partial charge in [-0.25, -0.2) is 0 Å². The number of rotatable bonds is 0. The van der Waals surface area contributed by atoms with E-state index in [0.717, 1.165) is 0 Å². The fraction of sp³-hybridized carbons (Fsp3) is 0. The van der Waals surface area contributed by atoms with Crippen LogP contribution in [-0.4, -0.2) is 50.4 Å². The minimum Gasteiger partial charge on any atom is -0.162 e. The molecule has 1 N–H and O–H groups in total. The minimum atomic E-state index is -1.17. The van der Waals surface area contributed by atoms with Crippen molar-refractivity contribution in [1.29, 1.82) is 0 Å². The predicted molar refractivity (Wildman–Crippen MR) is 17.0 cm³/mol. The molecular formula is H2O2PSr+. The summed E-state index contributed by atoms with van der Waals surface area (Å²) in [7, 11) is -1.17. The van der Waals surface area contributed by atoms with E-state index < -0.39 is 8.69 Å². The zero-order valence-corrected chi connectivity index (χ0v) is 6.54. The molecule has 0 saturated carbocycles. The van der Waals surface area contributed by atoms with Crippen LogP contribution in [0.15, 0.2) is 0 Å². The smallest absolute Gasteiger partial charge is 0.162 e. The van der Waals surface area contributed by atoms with Gasteiger partial charge in [0.15, 0.2) is 0 Å². The van der Waals surface area contributed by atoms with Gasteiger partial charge in [0.05, 0.1) is 0 Å². The van der Waals surface area contributed by atoms with Crippen molar-refractivity contribution in [3.63, 3.8) is 0 Å². The molecule has 0 bridgehead atoms. The zero-order valence-electron chi connectivity index (χ0n) is 2.06. The fourth-order valence-electron chi connectivity index (χ4n) is 0. The van der Waals surface area contributed by atoms with Gasteiger partial charge < -0.3 is 0 Å². The van der Waals surface area contributed by atoms with Crippen LogP contribution in [0.1, 0.15) is 0 Å². The first-order valence-electron chi connectivity index (χ1n) is 0.428. The zero-order chi connectivity index (χ0) is 2.71. The van der Waals surface area contributed by atoms with Crippen LogP contribution in [0.3, 0.4) is 0 Å². The van der Waals surface area contributed by atoms with Crippen molar-refractivity contribution >= 4 is 54.2 Å². The monoisotopic (exact) mass is 153 g/mol.